The molecule has 5 nitrogen and oxygen atoms in total. The molecular formula is C17H34N2O3. The van der Waals surface area contributed by atoms with Gasteiger partial charge in [-0.1, -0.05) is 40.5 Å². The molecule has 0 aliphatic heterocycles. The molecule has 0 aromatic rings. The Kier molecular flexibility index (Phi) is 8.49. The van der Waals surface area contributed by atoms with Gasteiger partial charge >= 0.3 is 12.0 Å². The minimum atomic E-state index is -0.578. The number of urea groups is 1. The Hall–Kier alpha value is -1.26. The number of hydrogen-bond acceptors (Lipinski definition) is 3. The van der Waals surface area contributed by atoms with Crippen molar-refractivity contribution in [1.82, 2.24) is 10.6 Å². The van der Waals surface area contributed by atoms with E-state index in [1.165, 1.54) is 0 Å². The zero-order valence-corrected chi connectivity index (χ0v) is 15.3. The Balaban J connectivity index is 4.64. The van der Waals surface area contributed by atoms with Crippen molar-refractivity contribution in [3.8, 4) is 0 Å². The van der Waals surface area contributed by atoms with Crippen LogP contribution in [-0.4, -0.2) is 30.2 Å². The molecule has 0 saturated heterocycles. The van der Waals surface area contributed by atoms with E-state index in [0.717, 1.165) is 19.3 Å². The lowest BCUT2D eigenvalue weighted by Gasteiger charge is -2.33. The summed E-state index contributed by atoms with van der Waals surface area (Å²) in [5, 5.41) is 5.71. The fourth-order valence-electron chi connectivity index (χ4n) is 2.77. The largest absolute Gasteiger partial charge is 0.464 e. The molecule has 2 amide bonds. The molecule has 0 aromatic heterocycles. The Morgan fingerprint density at radius 3 is 2.14 bits per heavy atom. The summed E-state index contributed by atoms with van der Waals surface area (Å²) >= 11 is 0. The van der Waals surface area contributed by atoms with Crippen LogP contribution in [0.2, 0.25) is 0 Å². The highest BCUT2D eigenvalue weighted by molar-refractivity contribution is 5.83. The number of hydrogen-bond donors (Lipinski definition) is 2. The first-order valence-electron chi connectivity index (χ1n) is 8.26. The van der Waals surface area contributed by atoms with Gasteiger partial charge in [-0.3, -0.25) is 0 Å². The number of esters is 1. The van der Waals surface area contributed by atoms with Crippen LogP contribution in [0.5, 0.6) is 0 Å². The molecule has 130 valence electrons. The van der Waals surface area contributed by atoms with E-state index >= 15 is 0 Å². The van der Waals surface area contributed by atoms with Gasteiger partial charge in [0, 0.05) is 5.54 Å². The van der Waals surface area contributed by atoms with Crippen molar-refractivity contribution in [2.75, 3.05) is 6.61 Å². The SMILES string of the molecule is CCCCC(NC(=O)NC(C)(C)CC(C)(C)C)C(=O)OCC. The van der Waals surface area contributed by atoms with Gasteiger partial charge in [0.1, 0.15) is 6.04 Å². The fraction of sp³-hybridized carbons (Fsp3) is 0.882. The van der Waals surface area contributed by atoms with Crippen LogP contribution in [0.1, 0.15) is 74.1 Å². The first-order valence-corrected chi connectivity index (χ1v) is 8.26. The normalized spacial score (nSPS) is 13.4. The molecule has 2 N–H and O–H groups in total. The predicted octanol–water partition coefficient (Wildman–Crippen LogP) is 3.62. The maximum atomic E-state index is 12.2. The van der Waals surface area contributed by atoms with Crippen LogP contribution in [0.3, 0.4) is 0 Å². The number of amides is 2. The number of carbonyl (C=O) groups excluding carboxylic acids is 2. The van der Waals surface area contributed by atoms with Crippen molar-refractivity contribution in [2.24, 2.45) is 5.41 Å². The van der Waals surface area contributed by atoms with E-state index in [1.807, 2.05) is 13.8 Å². The van der Waals surface area contributed by atoms with E-state index in [1.54, 1.807) is 6.92 Å². The Bertz CT molecular complexity index is 359. The van der Waals surface area contributed by atoms with E-state index in [4.69, 9.17) is 4.74 Å². The molecule has 0 fully saturated rings. The van der Waals surface area contributed by atoms with Crippen molar-refractivity contribution < 1.29 is 14.3 Å². The van der Waals surface area contributed by atoms with Crippen molar-refractivity contribution in [1.29, 1.82) is 0 Å². The third-order valence-electron chi connectivity index (χ3n) is 3.15. The molecule has 0 heterocycles. The number of unbranched alkanes of at least 4 members (excludes halogenated alkanes) is 1. The topological polar surface area (TPSA) is 67.4 Å². The molecule has 0 aromatic carbocycles. The number of nitrogens with one attached hydrogen (secondary N) is 2. The summed E-state index contributed by atoms with van der Waals surface area (Å²) in [6.07, 6.45) is 3.28. The van der Waals surface area contributed by atoms with Crippen molar-refractivity contribution in [2.45, 2.75) is 85.7 Å². The number of ether oxygens (including phenoxy) is 1. The van der Waals surface area contributed by atoms with Gasteiger partial charge in [-0.2, -0.15) is 0 Å². The Morgan fingerprint density at radius 2 is 1.68 bits per heavy atom. The maximum absolute atomic E-state index is 12.2. The van der Waals surface area contributed by atoms with Crippen LogP contribution in [0.25, 0.3) is 0 Å². The molecule has 0 aliphatic rings. The zero-order valence-electron chi connectivity index (χ0n) is 15.3. The molecule has 5 heteroatoms. The second-order valence-corrected chi connectivity index (χ2v) is 7.67. The van der Waals surface area contributed by atoms with Crippen LogP contribution >= 0.6 is 0 Å². The molecular weight excluding hydrogens is 280 g/mol. The summed E-state index contributed by atoms with van der Waals surface area (Å²) in [6.45, 7) is 14.5. The van der Waals surface area contributed by atoms with Gasteiger partial charge in [-0.25, -0.2) is 9.59 Å². The lowest BCUT2D eigenvalue weighted by atomic mass is 9.82. The standard InChI is InChI=1S/C17H34N2O3/c1-8-10-11-13(14(20)22-9-2)18-15(21)19-17(6,7)12-16(3,4)5/h13H,8-12H2,1-7H3,(H2,18,19,21). The number of rotatable bonds is 8. The van der Waals surface area contributed by atoms with Gasteiger partial charge in [0.15, 0.2) is 0 Å². The molecule has 0 rings (SSSR count). The monoisotopic (exact) mass is 314 g/mol. The van der Waals surface area contributed by atoms with Gasteiger partial charge < -0.3 is 15.4 Å². The minimum Gasteiger partial charge on any atom is -0.464 e. The van der Waals surface area contributed by atoms with E-state index in [2.05, 4.69) is 38.3 Å². The molecule has 1 atom stereocenters. The van der Waals surface area contributed by atoms with E-state index in [-0.39, 0.29) is 23.0 Å². The molecule has 0 saturated carbocycles. The molecule has 0 aliphatic carbocycles. The van der Waals surface area contributed by atoms with E-state index < -0.39 is 6.04 Å². The Morgan fingerprint density at radius 1 is 1.09 bits per heavy atom. The van der Waals surface area contributed by atoms with Crippen molar-refractivity contribution in [3.05, 3.63) is 0 Å². The fourth-order valence-corrected chi connectivity index (χ4v) is 2.77. The number of carbonyl (C=O) groups is 2. The van der Waals surface area contributed by atoms with Crippen LogP contribution < -0.4 is 10.6 Å². The molecule has 1 unspecified atom stereocenters. The molecule has 22 heavy (non-hydrogen) atoms. The first-order chi connectivity index (χ1) is 10.0. The second kappa shape index (κ2) is 9.01. The maximum Gasteiger partial charge on any atom is 0.328 e. The van der Waals surface area contributed by atoms with Gasteiger partial charge in [0.05, 0.1) is 6.61 Å². The van der Waals surface area contributed by atoms with Crippen LogP contribution in [-0.2, 0) is 9.53 Å². The summed E-state index contributed by atoms with van der Waals surface area (Å²) in [4.78, 5) is 24.1. The zero-order chi connectivity index (χ0) is 17.4. The third-order valence-corrected chi connectivity index (χ3v) is 3.15. The molecule has 0 radical (unpaired) electrons. The molecule has 0 spiro atoms. The minimum absolute atomic E-state index is 0.111. The van der Waals surface area contributed by atoms with Gasteiger partial charge in [-0.05, 0) is 39.0 Å². The van der Waals surface area contributed by atoms with Crippen LogP contribution in [0.4, 0.5) is 4.79 Å². The summed E-state index contributed by atoms with van der Waals surface area (Å²) in [5.74, 6) is -0.361. The van der Waals surface area contributed by atoms with Crippen molar-refractivity contribution >= 4 is 12.0 Å². The summed E-state index contributed by atoms with van der Waals surface area (Å²) in [5.41, 5.74) is -0.230. The molecule has 0 bridgehead atoms. The van der Waals surface area contributed by atoms with Crippen LogP contribution in [0.15, 0.2) is 0 Å². The smallest absolute Gasteiger partial charge is 0.328 e. The first kappa shape index (κ1) is 20.7. The van der Waals surface area contributed by atoms with Gasteiger partial charge in [0.25, 0.3) is 0 Å². The quantitative estimate of drug-likeness (QED) is 0.672. The van der Waals surface area contributed by atoms with Crippen molar-refractivity contribution in [3.63, 3.8) is 0 Å². The predicted molar refractivity (Wildman–Crippen MR) is 89.8 cm³/mol. The lowest BCUT2D eigenvalue weighted by Crippen LogP contribution is -2.54. The second-order valence-electron chi connectivity index (χ2n) is 7.67. The van der Waals surface area contributed by atoms with E-state index in [0.29, 0.717) is 13.0 Å². The average molecular weight is 314 g/mol. The highest BCUT2D eigenvalue weighted by Gasteiger charge is 2.29. The van der Waals surface area contributed by atoms with Crippen LogP contribution in [0, 0.1) is 5.41 Å². The summed E-state index contributed by atoms with van der Waals surface area (Å²) < 4.78 is 5.03. The van der Waals surface area contributed by atoms with Gasteiger partial charge in [-0.15, -0.1) is 0 Å². The van der Waals surface area contributed by atoms with Gasteiger partial charge in [0.2, 0.25) is 0 Å². The average Bonchev–Trinajstić information content (AvgIpc) is 2.30. The highest BCUT2D eigenvalue weighted by Crippen LogP contribution is 2.26. The third kappa shape index (κ3) is 9.64. The summed E-state index contributed by atoms with van der Waals surface area (Å²) in [7, 11) is 0. The lowest BCUT2D eigenvalue weighted by molar-refractivity contribution is -0.145. The highest BCUT2D eigenvalue weighted by atomic mass is 16.5. The van der Waals surface area contributed by atoms with E-state index in [9.17, 15) is 9.59 Å². The summed E-state index contributed by atoms with van der Waals surface area (Å²) in [6, 6.07) is -0.895. The Labute approximate surface area is 135 Å².